The van der Waals surface area contributed by atoms with Crippen LogP contribution in [0.5, 0.6) is 0 Å². The van der Waals surface area contributed by atoms with Crippen molar-refractivity contribution in [1.82, 2.24) is 9.80 Å². The van der Waals surface area contributed by atoms with Crippen molar-refractivity contribution in [3.8, 4) is 0 Å². The number of carbonyl (C=O) groups is 3. The molecule has 0 unspecified atom stereocenters. The molecule has 2 amide bonds. The van der Waals surface area contributed by atoms with E-state index in [1.807, 2.05) is 32.9 Å². The highest BCUT2D eigenvalue weighted by Crippen LogP contribution is 2.49. The maximum Gasteiger partial charge on any atom is 0.410 e. The molecule has 0 radical (unpaired) electrons. The highest BCUT2D eigenvalue weighted by atomic mass is 35.5. The van der Waals surface area contributed by atoms with Gasteiger partial charge in [-0.3, -0.25) is 9.59 Å². The Morgan fingerprint density at radius 1 is 1.09 bits per heavy atom. The fourth-order valence-corrected chi connectivity index (χ4v) is 5.49. The van der Waals surface area contributed by atoms with E-state index in [4.69, 9.17) is 21.1 Å². The summed E-state index contributed by atoms with van der Waals surface area (Å²) in [5.74, 6) is -0.751. The van der Waals surface area contributed by atoms with Crippen LogP contribution in [0.3, 0.4) is 0 Å². The fourth-order valence-electron chi connectivity index (χ4n) is 5.29. The molecular weight excluding hydrogens is 444 g/mol. The number of fused-ring (bicyclic) bond motifs is 2. The number of hydrogen-bond donors (Lipinski definition) is 0. The summed E-state index contributed by atoms with van der Waals surface area (Å²) in [7, 11) is 1.77. The average molecular weight is 479 g/mol. The fraction of sp³-hybridized carbons (Fsp3) is 0.640. The summed E-state index contributed by atoms with van der Waals surface area (Å²) < 4.78 is 10.9. The molecule has 8 heteroatoms. The lowest BCUT2D eigenvalue weighted by Gasteiger charge is -2.47. The minimum Gasteiger partial charge on any atom is -0.450 e. The van der Waals surface area contributed by atoms with E-state index in [1.54, 1.807) is 30.7 Å². The molecule has 1 spiro atoms. The Morgan fingerprint density at radius 2 is 1.70 bits per heavy atom. The van der Waals surface area contributed by atoms with Crippen molar-refractivity contribution in [2.24, 2.45) is 0 Å². The highest BCUT2D eigenvalue weighted by molar-refractivity contribution is 6.30. The number of halogens is 1. The van der Waals surface area contributed by atoms with E-state index in [9.17, 15) is 14.4 Å². The third-order valence-electron chi connectivity index (χ3n) is 6.66. The maximum atomic E-state index is 13.4. The van der Waals surface area contributed by atoms with Gasteiger partial charge in [0.15, 0.2) is 5.60 Å². The largest absolute Gasteiger partial charge is 0.450 e. The van der Waals surface area contributed by atoms with Crippen molar-refractivity contribution in [3.63, 3.8) is 0 Å². The predicted octanol–water partition coefficient (Wildman–Crippen LogP) is 4.33. The molecule has 0 aromatic heterocycles. The zero-order valence-corrected chi connectivity index (χ0v) is 21.4. The molecule has 1 aromatic rings. The van der Waals surface area contributed by atoms with E-state index >= 15 is 0 Å². The quantitative estimate of drug-likeness (QED) is 0.604. The molecule has 0 saturated carbocycles. The van der Waals surface area contributed by atoms with Crippen molar-refractivity contribution < 1.29 is 23.9 Å². The summed E-state index contributed by atoms with van der Waals surface area (Å²) in [4.78, 5) is 41.1. The summed E-state index contributed by atoms with van der Waals surface area (Å²) in [6.07, 6.45) is 1.72. The minimum absolute atomic E-state index is 0.144. The van der Waals surface area contributed by atoms with Gasteiger partial charge in [-0.1, -0.05) is 17.7 Å². The van der Waals surface area contributed by atoms with Gasteiger partial charge in [0.1, 0.15) is 5.60 Å². The van der Waals surface area contributed by atoms with Crippen LogP contribution >= 0.6 is 11.6 Å². The van der Waals surface area contributed by atoms with Crippen LogP contribution in [0.1, 0.15) is 65.5 Å². The molecule has 0 bridgehead atoms. The predicted molar refractivity (Wildman–Crippen MR) is 126 cm³/mol. The van der Waals surface area contributed by atoms with Crippen LogP contribution < -0.4 is 0 Å². The highest BCUT2D eigenvalue weighted by Gasteiger charge is 2.53. The van der Waals surface area contributed by atoms with Crippen molar-refractivity contribution in [2.75, 3.05) is 20.1 Å². The van der Waals surface area contributed by atoms with Gasteiger partial charge in [-0.15, -0.1) is 0 Å². The third-order valence-corrected chi connectivity index (χ3v) is 6.90. The van der Waals surface area contributed by atoms with Gasteiger partial charge in [0.2, 0.25) is 0 Å². The second-order valence-electron chi connectivity index (χ2n) is 10.7. The van der Waals surface area contributed by atoms with Gasteiger partial charge in [0.05, 0.1) is 0 Å². The van der Waals surface area contributed by atoms with Gasteiger partial charge in [-0.25, -0.2) is 4.79 Å². The van der Waals surface area contributed by atoms with E-state index in [2.05, 4.69) is 6.07 Å². The normalized spacial score (nSPS) is 19.8. The van der Waals surface area contributed by atoms with Gasteiger partial charge in [0.25, 0.3) is 5.91 Å². The van der Waals surface area contributed by atoms with E-state index in [0.717, 1.165) is 5.56 Å². The Morgan fingerprint density at radius 3 is 2.24 bits per heavy atom. The Bertz CT molecular complexity index is 945. The van der Waals surface area contributed by atoms with Crippen LogP contribution in [0.4, 0.5) is 4.79 Å². The molecule has 0 N–H and O–H groups in total. The van der Waals surface area contributed by atoms with Crippen molar-refractivity contribution in [2.45, 2.75) is 83.5 Å². The van der Waals surface area contributed by atoms with Crippen LogP contribution in [0.2, 0.25) is 5.02 Å². The van der Waals surface area contributed by atoms with Gasteiger partial charge in [-0.05, 0) is 77.1 Å². The topological polar surface area (TPSA) is 76.2 Å². The summed E-state index contributed by atoms with van der Waals surface area (Å²) in [6, 6.07) is 5.76. The molecular formula is C25H35ClN2O5. The standard InChI is InChI=1S/C25H35ClN2O5/c1-16(29)32-24(5,6)21(30)27(7)20-15-17-14-18(26)8-9-19(17)25(20)10-12-28(13-11-25)22(31)33-23(2,3)4/h8-9,14,20H,10-13,15H2,1-7H3/t20-/m1/s1. The van der Waals surface area contributed by atoms with E-state index in [1.165, 1.54) is 12.5 Å². The molecule has 1 fully saturated rings. The number of carbonyl (C=O) groups excluding carboxylic acids is 3. The Kier molecular flexibility index (Phi) is 6.77. The first-order chi connectivity index (χ1) is 15.2. The third kappa shape index (κ3) is 5.13. The number of amides is 2. The number of hydrogen-bond acceptors (Lipinski definition) is 5. The van der Waals surface area contributed by atoms with Crippen LogP contribution in [0.15, 0.2) is 18.2 Å². The van der Waals surface area contributed by atoms with Crippen molar-refractivity contribution in [1.29, 1.82) is 0 Å². The monoisotopic (exact) mass is 478 g/mol. The number of benzene rings is 1. The molecule has 182 valence electrons. The van der Waals surface area contributed by atoms with E-state index in [-0.39, 0.29) is 23.5 Å². The van der Waals surface area contributed by atoms with Gasteiger partial charge in [-0.2, -0.15) is 0 Å². The van der Waals surface area contributed by atoms with Crippen LogP contribution in [0, 0.1) is 0 Å². The van der Waals surface area contributed by atoms with E-state index < -0.39 is 17.2 Å². The first kappa shape index (κ1) is 25.3. The Labute approximate surface area is 201 Å². The summed E-state index contributed by atoms with van der Waals surface area (Å²) in [6.45, 7) is 11.2. The zero-order valence-electron chi connectivity index (χ0n) is 20.7. The second-order valence-corrected chi connectivity index (χ2v) is 11.1. The zero-order chi connectivity index (χ0) is 24.8. The second kappa shape index (κ2) is 8.82. The number of rotatable bonds is 3. The van der Waals surface area contributed by atoms with Crippen LogP contribution in [-0.4, -0.2) is 65.2 Å². The summed E-state index contributed by atoms with van der Waals surface area (Å²) >= 11 is 6.29. The lowest BCUT2D eigenvalue weighted by atomic mass is 9.70. The lowest BCUT2D eigenvalue weighted by molar-refractivity contribution is -0.169. The number of piperidine rings is 1. The minimum atomic E-state index is -1.27. The van der Waals surface area contributed by atoms with Gasteiger partial charge < -0.3 is 19.3 Å². The molecule has 3 rings (SSSR count). The summed E-state index contributed by atoms with van der Waals surface area (Å²) in [5.41, 5.74) is 0.134. The summed E-state index contributed by atoms with van der Waals surface area (Å²) in [5, 5.41) is 0.657. The van der Waals surface area contributed by atoms with Gasteiger partial charge >= 0.3 is 12.1 Å². The average Bonchev–Trinajstić information content (AvgIpc) is 2.98. The lowest BCUT2D eigenvalue weighted by Crippen LogP contribution is -2.58. The molecule has 2 aliphatic rings. The van der Waals surface area contributed by atoms with Crippen molar-refractivity contribution >= 4 is 29.6 Å². The molecule has 1 heterocycles. The molecule has 1 aromatic carbocycles. The molecule has 1 atom stereocenters. The molecule has 33 heavy (non-hydrogen) atoms. The number of nitrogens with zero attached hydrogens (tertiary/aromatic N) is 2. The number of likely N-dealkylation sites (tertiary alicyclic amines) is 1. The molecule has 1 saturated heterocycles. The van der Waals surface area contributed by atoms with E-state index in [0.29, 0.717) is 37.4 Å². The Balaban J connectivity index is 1.90. The molecule has 7 nitrogen and oxygen atoms in total. The SMILES string of the molecule is CC(=O)OC(C)(C)C(=O)N(C)[C@@H]1Cc2cc(Cl)ccc2C12CCN(C(=O)OC(C)(C)C)CC2. The number of likely N-dealkylation sites (N-methyl/N-ethyl adjacent to an activating group) is 1. The number of ether oxygens (including phenoxy) is 2. The van der Waals surface area contributed by atoms with Crippen molar-refractivity contribution in [3.05, 3.63) is 34.3 Å². The maximum absolute atomic E-state index is 13.4. The molecule has 1 aliphatic carbocycles. The smallest absolute Gasteiger partial charge is 0.410 e. The van der Waals surface area contributed by atoms with Gasteiger partial charge in [0, 0.05) is 43.5 Å². The first-order valence-electron chi connectivity index (χ1n) is 11.4. The first-order valence-corrected chi connectivity index (χ1v) is 11.8. The number of esters is 1. The Hall–Kier alpha value is -2.28. The van der Waals surface area contributed by atoms with Crippen LogP contribution in [-0.2, 0) is 30.9 Å². The molecule has 1 aliphatic heterocycles. The van der Waals surface area contributed by atoms with Crippen LogP contribution in [0.25, 0.3) is 0 Å².